The van der Waals surface area contributed by atoms with E-state index in [0.717, 1.165) is 32.1 Å². The zero-order valence-corrected chi connectivity index (χ0v) is 10.2. The Hall–Kier alpha value is -0.440. The van der Waals surface area contributed by atoms with Gasteiger partial charge >= 0.3 is 0 Å². The van der Waals surface area contributed by atoms with Gasteiger partial charge in [-0.05, 0) is 64.2 Å². The van der Waals surface area contributed by atoms with Crippen LogP contribution in [0.2, 0.25) is 0 Å². The molecule has 3 nitrogen and oxygen atoms in total. The fraction of sp³-hybridized carbons (Fsp3) is 1.00. The average Bonchev–Trinajstić information content (AvgIpc) is 2.13. The van der Waals surface area contributed by atoms with E-state index in [0.29, 0.717) is 11.8 Å². The minimum Gasteiger partial charge on any atom is -0.390 e. The average molecular weight is 223 g/mol. The van der Waals surface area contributed by atoms with Crippen molar-refractivity contribution < 1.29 is 5.11 Å². The molecule has 0 aromatic heterocycles. The second-order valence-corrected chi connectivity index (χ2v) is 7.12. The third-order valence-corrected chi connectivity index (χ3v) is 5.56. The summed E-state index contributed by atoms with van der Waals surface area (Å²) in [6, 6.07) is 0. The first-order valence-corrected chi connectivity index (χ1v) is 6.45. The van der Waals surface area contributed by atoms with E-state index in [1.165, 1.54) is 6.42 Å². The van der Waals surface area contributed by atoms with Crippen LogP contribution in [0.25, 0.3) is 0 Å². The molecular formula is C13H21NO2. The Bertz CT molecular complexity index is 323. The van der Waals surface area contributed by atoms with Gasteiger partial charge in [0.25, 0.3) is 0 Å². The van der Waals surface area contributed by atoms with E-state index in [4.69, 9.17) is 0 Å². The van der Waals surface area contributed by atoms with Crippen molar-refractivity contribution >= 4 is 0 Å². The maximum Gasteiger partial charge on any atom is 0.103 e. The number of nitrogens with zero attached hydrogens (tertiary/aromatic N) is 1. The standard InChI is InChI=1S/C13H21NO2/c1-11(2,14-16)12-4-9-3-10(5-12)7-13(15,6-9)8-12/h9-10,15H,3-8H2,1-2H3. The van der Waals surface area contributed by atoms with Gasteiger partial charge in [-0.1, -0.05) is 5.18 Å². The minimum absolute atomic E-state index is 0.0203. The summed E-state index contributed by atoms with van der Waals surface area (Å²) in [5.74, 6) is 1.26. The Morgan fingerprint density at radius 1 is 1.19 bits per heavy atom. The summed E-state index contributed by atoms with van der Waals surface area (Å²) in [6.07, 6.45) is 6.18. The van der Waals surface area contributed by atoms with Gasteiger partial charge in [-0.25, -0.2) is 0 Å². The molecule has 4 fully saturated rings. The molecule has 0 spiro atoms. The molecular weight excluding hydrogens is 202 g/mol. The van der Waals surface area contributed by atoms with Gasteiger partial charge in [0.05, 0.1) is 5.60 Å². The highest BCUT2D eigenvalue weighted by Crippen LogP contribution is 2.65. The van der Waals surface area contributed by atoms with Gasteiger partial charge in [0, 0.05) is 5.41 Å². The van der Waals surface area contributed by atoms with E-state index >= 15 is 0 Å². The molecule has 4 bridgehead atoms. The Kier molecular flexibility index (Phi) is 1.92. The Morgan fingerprint density at radius 3 is 2.19 bits per heavy atom. The first-order chi connectivity index (χ1) is 7.38. The van der Waals surface area contributed by atoms with Gasteiger partial charge in [-0.2, -0.15) is 4.91 Å². The lowest BCUT2D eigenvalue weighted by molar-refractivity contribution is -0.181. The van der Waals surface area contributed by atoms with Gasteiger partial charge in [0.1, 0.15) is 5.54 Å². The lowest BCUT2D eigenvalue weighted by Crippen LogP contribution is -2.61. The van der Waals surface area contributed by atoms with Crippen molar-refractivity contribution in [2.45, 2.75) is 63.5 Å². The molecule has 0 heterocycles. The maximum atomic E-state index is 11.1. The molecule has 0 amide bonds. The van der Waals surface area contributed by atoms with E-state index in [-0.39, 0.29) is 5.41 Å². The molecule has 0 radical (unpaired) electrons. The van der Waals surface area contributed by atoms with Gasteiger partial charge in [-0.3, -0.25) is 0 Å². The fourth-order valence-corrected chi connectivity index (χ4v) is 5.03. The van der Waals surface area contributed by atoms with Crippen molar-refractivity contribution in [3.05, 3.63) is 4.91 Å². The lowest BCUT2D eigenvalue weighted by atomic mass is 9.44. The van der Waals surface area contributed by atoms with Crippen LogP contribution in [0.5, 0.6) is 0 Å². The number of hydrogen-bond acceptors (Lipinski definition) is 3. The highest BCUT2D eigenvalue weighted by Gasteiger charge is 2.62. The van der Waals surface area contributed by atoms with Crippen LogP contribution in [0.1, 0.15) is 52.4 Å². The quantitative estimate of drug-likeness (QED) is 0.732. The highest BCUT2D eigenvalue weighted by atomic mass is 16.3. The van der Waals surface area contributed by atoms with Crippen LogP contribution < -0.4 is 0 Å². The Morgan fingerprint density at radius 2 is 1.75 bits per heavy atom. The molecule has 2 unspecified atom stereocenters. The van der Waals surface area contributed by atoms with Crippen LogP contribution in [0.3, 0.4) is 0 Å². The summed E-state index contributed by atoms with van der Waals surface area (Å²) in [5, 5.41) is 14.0. The Balaban J connectivity index is 2.01. The van der Waals surface area contributed by atoms with Crippen LogP contribution in [-0.2, 0) is 0 Å². The molecule has 4 aliphatic rings. The van der Waals surface area contributed by atoms with Crippen molar-refractivity contribution in [1.29, 1.82) is 0 Å². The molecule has 16 heavy (non-hydrogen) atoms. The van der Waals surface area contributed by atoms with E-state index in [1.807, 2.05) is 13.8 Å². The molecule has 3 heteroatoms. The minimum atomic E-state index is -0.515. The van der Waals surface area contributed by atoms with Crippen LogP contribution in [0.4, 0.5) is 0 Å². The summed E-state index contributed by atoms with van der Waals surface area (Å²) < 4.78 is 0. The van der Waals surface area contributed by atoms with Crippen LogP contribution in [0.15, 0.2) is 5.18 Å². The van der Waals surface area contributed by atoms with Crippen molar-refractivity contribution in [2.24, 2.45) is 22.4 Å². The number of rotatable bonds is 2. The molecule has 90 valence electrons. The third kappa shape index (κ3) is 1.24. The fourth-order valence-electron chi connectivity index (χ4n) is 5.03. The van der Waals surface area contributed by atoms with E-state index in [1.54, 1.807) is 0 Å². The van der Waals surface area contributed by atoms with Crippen molar-refractivity contribution in [3.63, 3.8) is 0 Å². The first kappa shape index (κ1) is 10.7. The molecule has 4 aliphatic carbocycles. The van der Waals surface area contributed by atoms with E-state index in [9.17, 15) is 10.0 Å². The molecule has 0 aromatic rings. The number of aliphatic hydroxyl groups is 1. The second-order valence-electron chi connectivity index (χ2n) is 7.12. The molecule has 1 N–H and O–H groups in total. The van der Waals surface area contributed by atoms with Crippen LogP contribution in [-0.4, -0.2) is 16.2 Å². The Labute approximate surface area is 96.6 Å². The van der Waals surface area contributed by atoms with Gasteiger partial charge in [-0.15, -0.1) is 0 Å². The topological polar surface area (TPSA) is 49.7 Å². The predicted molar refractivity (Wildman–Crippen MR) is 61.9 cm³/mol. The van der Waals surface area contributed by atoms with Crippen molar-refractivity contribution in [1.82, 2.24) is 0 Å². The molecule has 0 aromatic carbocycles. The summed E-state index contributed by atoms with van der Waals surface area (Å²) in [4.78, 5) is 11.1. The first-order valence-electron chi connectivity index (χ1n) is 6.45. The molecule has 4 saturated carbocycles. The highest BCUT2D eigenvalue weighted by molar-refractivity contribution is 5.14. The molecule has 2 atom stereocenters. The number of hydrogen-bond donors (Lipinski definition) is 1. The van der Waals surface area contributed by atoms with Gasteiger partial charge in [0.15, 0.2) is 0 Å². The summed E-state index contributed by atoms with van der Waals surface area (Å²) >= 11 is 0. The van der Waals surface area contributed by atoms with Crippen LogP contribution in [0, 0.1) is 22.2 Å². The predicted octanol–water partition coefficient (Wildman–Crippen LogP) is 2.86. The SMILES string of the molecule is CC(C)(N=O)C12CC3CC(CC(O)(C3)C1)C2. The zero-order valence-electron chi connectivity index (χ0n) is 10.2. The van der Waals surface area contributed by atoms with E-state index in [2.05, 4.69) is 5.18 Å². The number of nitroso groups, excluding NO2 is 1. The van der Waals surface area contributed by atoms with Gasteiger partial charge < -0.3 is 5.11 Å². The van der Waals surface area contributed by atoms with E-state index < -0.39 is 11.1 Å². The van der Waals surface area contributed by atoms with Crippen molar-refractivity contribution in [3.8, 4) is 0 Å². The lowest BCUT2D eigenvalue weighted by Gasteiger charge is -2.63. The summed E-state index contributed by atoms with van der Waals surface area (Å²) in [7, 11) is 0. The second kappa shape index (κ2) is 2.87. The zero-order chi connectivity index (χ0) is 11.6. The maximum absolute atomic E-state index is 11.1. The molecule has 4 rings (SSSR count). The largest absolute Gasteiger partial charge is 0.390 e. The van der Waals surface area contributed by atoms with Crippen LogP contribution >= 0.6 is 0 Å². The third-order valence-electron chi connectivity index (χ3n) is 5.56. The monoisotopic (exact) mass is 223 g/mol. The smallest absolute Gasteiger partial charge is 0.103 e. The van der Waals surface area contributed by atoms with Crippen molar-refractivity contribution in [2.75, 3.05) is 0 Å². The normalized spacial score (nSPS) is 50.7. The summed E-state index contributed by atoms with van der Waals surface area (Å²) in [5.41, 5.74) is -1.02. The summed E-state index contributed by atoms with van der Waals surface area (Å²) in [6.45, 7) is 3.91. The van der Waals surface area contributed by atoms with Gasteiger partial charge in [0.2, 0.25) is 0 Å². The molecule has 0 saturated heterocycles. The molecule has 0 aliphatic heterocycles.